The van der Waals surface area contributed by atoms with Crippen molar-refractivity contribution >= 4 is 15.9 Å². The van der Waals surface area contributed by atoms with E-state index in [0.717, 1.165) is 29.3 Å². The van der Waals surface area contributed by atoms with Crippen LogP contribution < -0.4 is 0 Å². The maximum absolute atomic E-state index is 10.4. The van der Waals surface area contributed by atoms with Gasteiger partial charge in [0.25, 0.3) is 0 Å². The molecule has 1 aliphatic carbocycles. The van der Waals surface area contributed by atoms with Gasteiger partial charge in [-0.15, -0.1) is 0 Å². The van der Waals surface area contributed by atoms with E-state index in [-0.39, 0.29) is 0 Å². The Morgan fingerprint density at radius 3 is 2.94 bits per heavy atom. The molecular weight excluding hydrogens is 280 g/mol. The van der Waals surface area contributed by atoms with Crippen LogP contribution in [0.2, 0.25) is 0 Å². The average molecular weight is 295 g/mol. The number of aliphatic hydroxyl groups is 1. The largest absolute Gasteiger partial charge is 0.387 e. The summed E-state index contributed by atoms with van der Waals surface area (Å²) in [5.74, 6) is 0.504. The smallest absolute Gasteiger partial charge is 0.0991 e. The van der Waals surface area contributed by atoms with Crippen LogP contribution in [0.1, 0.15) is 37.9 Å². The van der Waals surface area contributed by atoms with Crippen molar-refractivity contribution in [3.05, 3.63) is 28.5 Å². The van der Waals surface area contributed by atoms with Gasteiger partial charge in [0, 0.05) is 22.4 Å². The van der Waals surface area contributed by atoms with Gasteiger partial charge in [0.15, 0.2) is 0 Å². The van der Waals surface area contributed by atoms with Crippen LogP contribution in [0.3, 0.4) is 0 Å². The SMILES string of the molecule is CC1CCC(C#N)(C(O)c2cncc(Br)c2)C1. The third kappa shape index (κ3) is 2.36. The van der Waals surface area contributed by atoms with Crippen molar-refractivity contribution in [2.24, 2.45) is 11.3 Å². The average Bonchev–Trinajstić information content (AvgIpc) is 2.71. The maximum Gasteiger partial charge on any atom is 0.0991 e. The summed E-state index contributed by atoms with van der Waals surface area (Å²) in [6.07, 6.45) is 5.09. The third-order valence-corrected chi connectivity index (χ3v) is 4.02. The summed E-state index contributed by atoms with van der Waals surface area (Å²) in [6, 6.07) is 4.17. The molecule has 1 heterocycles. The molecule has 17 heavy (non-hydrogen) atoms. The van der Waals surface area contributed by atoms with Crippen LogP contribution in [0.4, 0.5) is 0 Å². The lowest BCUT2D eigenvalue weighted by atomic mass is 9.78. The van der Waals surface area contributed by atoms with Crippen LogP contribution in [-0.4, -0.2) is 10.1 Å². The Morgan fingerprint density at radius 2 is 2.41 bits per heavy atom. The number of halogens is 1. The van der Waals surface area contributed by atoms with Gasteiger partial charge < -0.3 is 5.11 Å². The molecule has 1 aromatic rings. The minimum absolute atomic E-state index is 0.504. The van der Waals surface area contributed by atoms with Crippen LogP contribution in [-0.2, 0) is 0 Å². The fraction of sp³-hybridized carbons (Fsp3) is 0.538. The van der Waals surface area contributed by atoms with Gasteiger partial charge in [-0.1, -0.05) is 6.92 Å². The topological polar surface area (TPSA) is 56.9 Å². The molecule has 0 aliphatic heterocycles. The number of nitriles is 1. The highest BCUT2D eigenvalue weighted by molar-refractivity contribution is 9.10. The molecule has 1 aliphatic rings. The van der Waals surface area contributed by atoms with Gasteiger partial charge in [-0.25, -0.2) is 0 Å². The second kappa shape index (κ2) is 4.75. The van der Waals surface area contributed by atoms with E-state index < -0.39 is 11.5 Å². The zero-order chi connectivity index (χ0) is 12.5. The van der Waals surface area contributed by atoms with Crippen molar-refractivity contribution in [3.63, 3.8) is 0 Å². The van der Waals surface area contributed by atoms with Crippen molar-refractivity contribution < 1.29 is 5.11 Å². The van der Waals surface area contributed by atoms with Crippen molar-refractivity contribution in [2.45, 2.75) is 32.3 Å². The maximum atomic E-state index is 10.4. The molecule has 3 atom stereocenters. The molecule has 2 rings (SSSR count). The molecule has 0 radical (unpaired) electrons. The predicted molar refractivity (Wildman–Crippen MR) is 68.0 cm³/mol. The monoisotopic (exact) mass is 294 g/mol. The number of pyridine rings is 1. The number of rotatable bonds is 2. The molecule has 0 saturated heterocycles. The zero-order valence-corrected chi connectivity index (χ0v) is 11.3. The quantitative estimate of drug-likeness (QED) is 0.911. The number of aromatic nitrogens is 1. The standard InChI is InChI=1S/C13H15BrN2O/c1-9-2-3-13(5-9,8-15)12(17)10-4-11(14)7-16-6-10/h4,6-7,9,12,17H,2-3,5H2,1H3. The van der Waals surface area contributed by atoms with E-state index >= 15 is 0 Å². The van der Waals surface area contributed by atoms with Crippen molar-refractivity contribution in [2.75, 3.05) is 0 Å². The molecule has 0 aromatic carbocycles. The number of hydrogen-bond acceptors (Lipinski definition) is 3. The first-order valence-electron chi connectivity index (χ1n) is 5.77. The molecule has 0 bridgehead atoms. The predicted octanol–water partition coefficient (Wildman–Crippen LogP) is 3.21. The summed E-state index contributed by atoms with van der Waals surface area (Å²) in [6.45, 7) is 2.13. The van der Waals surface area contributed by atoms with Crippen molar-refractivity contribution in [1.29, 1.82) is 5.26 Å². The Kier molecular flexibility index (Phi) is 3.50. The highest BCUT2D eigenvalue weighted by Crippen LogP contribution is 2.49. The lowest BCUT2D eigenvalue weighted by molar-refractivity contribution is 0.0644. The van der Waals surface area contributed by atoms with Crippen molar-refractivity contribution in [1.82, 2.24) is 4.98 Å². The van der Waals surface area contributed by atoms with Crippen molar-refractivity contribution in [3.8, 4) is 6.07 Å². The molecule has 1 saturated carbocycles. The first-order valence-corrected chi connectivity index (χ1v) is 6.56. The van der Waals surface area contributed by atoms with Gasteiger partial charge in [0.2, 0.25) is 0 Å². The van der Waals surface area contributed by atoms with E-state index in [4.69, 9.17) is 0 Å². The molecule has 90 valence electrons. The minimum Gasteiger partial charge on any atom is -0.387 e. The highest BCUT2D eigenvalue weighted by Gasteiger charge is 2.44. The van der Waals surface area contributed by atoms with Crippen LogP contribution >= 0.6 is 15.9 Å². The number of aliphatic hydroxyl groups excluding tert-OH is 1. The first-order chi connectivity index (χ1) is 8.07. The van der Waals surface area contributed by atoms with E-state index in [0.29, 0.717) is 5.92 Å². The Bertz CT molecular complexity index is 457. The fourth-order valence-corrected chi connectivity index (χ4v) is 3.02. The van der Waals surface area contributed by atoms with E-state index in [2.05, 4.69) is 33.9 Å². The molecule has 1 fully saturated rings. The van der Waals surface area contributed by atoms with Crippen LogP contribution in [0.25, 0.3) is 0 Å². The molecule has 0 spiro atoms. The number of nitrogens with zero attached hydrogens (tertiary/aromatic N) is 2. The highest BCUT2D eigenvalue weighted by atomic mass is 79.9. The molecule has 1 N–H and O–H groups in total. The first kappa shape index (κ1) is 12.5. The van der Waals surface area contributed by atoms with Gasteiger partial charge in [0.1, 0.15) is 0 Å². The van der Waals surface area contributed by atoms with Gasteiger partial charge in [-0.3, -0.25) is 4.98 Å². The van der Waals surface area contributed by atoms with Gasteiger partial charge >= 0.3 is 0 Å². The molecule has 3 unspecified atom stereocenters. The summed E-state index contributed by atoms with van der Waals surface area (Å²) < 4.78 is 0.827. The Morgan fingerprint density at radius 1 is 1.65 bits per heavy atom. The summed E-state index contributed by atoms with van der Waals surface area (Å²) in [4.78, 5) is 4.04. The fourth-order valence-electron chi connectivity index (χ4n) is 2.64. The third-order valence-electron chi connectivity index (χ3n) is 3.58. The second-order valence-electron chi connectivity index (χ2n) is 4.95. The molecule has 4 heteroatoms. The van der Waals surface area contributed by atoms with E-state index in [1.165, 1.54) is 0 Å². The van der Waals surface area contributed by atoms with Crippen LogP contribution in [0.5, 0.6) is 0 Å². The summed E-state index contributed by atoms with van der Waals surface area (Å²) in [5.41, 5.74) is 0.0806. The van der Waals surface area contributed by atoms with E-state index in [9.17, 15) is 10.4 Å². The summed E-state index contributed by atoms with van der Waals surface area (Å²) >= 11 is 3.33. The van der Waals surface area contributed by atoms with Gasteiger partial charge in [0.05, 0.1) is 17.6 Å². The summed E-state index contributed by atoms with van der Waals surface area (Å²) in [5, 5.41) is 19.8. The lowest BCUT2D eigenvalue weighted by Gasteiger charge is -2.27. The van der Waals surface area contributed by atoms with Crippen LogP contribution in [0.15, 0.2) is 22.9 Å². The van der Waals surface area contributed by atoms with E-state index in [1.807, 2.05) is 6.07 Å². The normalized spacial score (nSPS) is 29.9. The summed E-state index contributed by atoms with van der Waals surface area (Å²) in [7, 11) is 0. The van der Waals surface area contributed by atoms with E-state index in [1.54, 1.807) is 12.4 Å². The minimum atomic E-state index is -0.748. The Balaban J connectivity index is 2.30. The number of hydrogen-bond donors (Lipinski definition) is 1. The second-order valence-corrected chi connectivity index (χ2v) is 5.87. The molecular formula is C13H15BrN2O. The molecule has 3 nitrogen and oxygen atoms in total. The Hall–Kier alpha value is -0.920. The Labute approximate surface area is 110 Å². The lowest BCUT2D eigenvalue weighted by Crippen LogP contribution is -2.24. The zero-order valence-electron chi connectivity index (χ0n) is 9.73. The van der Waals surface area contributed by atoms with Gasteiger partial charge in [-0.05, 0) is 47.2 Å². The molecule has 1 aromatic heterocycles. The van der Waals surface area contributed by atoms with Crippen LogP contribution in [0, 0.1) is 22.7 Å². The van der Waals surface area contributed by atoms with Gasteiger partial charge in [-0.2, -0.15) is 5.26 Å². The molecule has 0 amide bonds.